The molecule has 1 N–H and O–H groups in total. The molecule has 0 atom stereocenters. The van der Waals surface area contributed by atoms with E-state index in [0.29, 0.717) is 22.4 Å². The second-order valence-corrected chi connectivity index (χ2v) is 7.50. The van der Waals surface area contributed by atoms with Gasteiger partial charge in [-0.15, -0.1) is 10.2 Å². The Hall–Kier alpha value is -3.65. The SMILES string of the molecule is COc1cccc(-c2nnc(SCC(=O)Nc3ccc(F)cc3)n2-c2ccccc2)c1. The first kappa shape index (κ1) is 20.6. The summed E-state index contributed by atoms with van der Waals surface area (Å²) in [5, 5.41) is 12.0. The molecule has 0 aliphatic carbocycles. The fraction of sp³-hybridized carbons (Fsp3) is 0.0870. The van der Waals surface area contributed by atoms with Gasteiger partial charge in [-0.25, -0.2) is 4.39 Å². The number of nitrogens with one attached hydrogen (secondary N) is 1. The Morgan fingerprint density at radius 2 is 1.81 bits per heavy atom. The van der Waals surface area contributed by atoms with Gasteiger partial charge in [-0.1, -0.05) is 42.1 Å². The number of benzene rings is 3. The van der Waals surface area contributed by atoms with Crippen LogP contribution in [0.5, 0.6) is 5.75 Å². The zero-order chi connectivity index (χ0) is 21.6. The van der Waals surface area contributed by atoms with Crippen molar-refractivity contribution < 1.29 is 13.9 Å². The molecule has 1 heterocycles. The molecular weight excluding hydrogens is 415 g/mol. The van der Waals surface area contributed by atoms with Crippen molar-refractivity contribution in [1.29, 1.82) is 0 Å². The van der Waals surface area contributed by atoms with Crippen LogP contribution >= 0.6 is 11.8 Å². The number of halogens is 1. The second-order valence-electron chi connectivity index (χ2n) is 6.55. The average molecular weight is 434 g/mol. The second kappa shape index (κ2) is 9.44. The number of para-hydroxylation sites is 1. The molecule has 0 radical (unpaired) electrons. The fourth-order valence-corrected chi connectivity index (χ4v) is 3.73. The van der Waals surface area contributed by atoms with Crippen LogP contribution in [0, 0.1) is 5.82 Å². The summed E-state index contributed by atoms with van der Waals surface area (Å²) >= 11 is 1.27. The molecule has 4 aromatic rings. The van der Waals surface area contributed by atoms with Gasteiger partial charge in [0, 0.05) is 16.9 Å². The average Bonchev–Trinajstić information content (AvgIpc) is 3.24. The number of nitrogens with zero attached hydrogens (tertiary/aromatic N) is 3. The van der Waals surface area contributed by atoms with Crippen LogP contribution in [-0.2, 0) is 4.79 Å². The van der Waals surface area contributed by atoms with E-state index in [1.807, 2.05) is 59.2 Å². The third-order valence-corrected chi connectivity index (χ3v) is 5.36. The van der Waals surface area contributed by atoms with Gasteiger partial charge in [0.2, 0.25) is 5.91 Å². The Morgan fingerprint density at radius 1 is 1.03 bits per heavy atom. The van der Waals surface area contributed by atoms with Crippen molar-refractivity contribution >= 4 is 23.4 Å². The molecule has 0 unspecified atom stereocenters. The number of thioether (sulfide) groups is 1. The molecule has 6 nitrogen and oxygen atoms in total. The number of ether oxygens (including phenoxy) is 1. The number of methoxy groups -OCH3 is 1. The molecule has 0 saturated heterocycles. The zero-order valence-electron chi connectivity index (χ0n) is 16.7. The predicted molar refractivity (Wildman–Crippen MR) is 119 cm³/mol. The summed E-state index contributed by atoms with van der Waals surface area (Å²) in [5.41, 5.74) is 2.26. The summed E-state index contributed by atoms with van der Waals surface area (Å²) in [4.78, 5) is 12.4. The van der Waals surface area contributed by atoms with Gasteiger partial charge in [0.1, 0.15) is 11.6 Å². The van der Waals surface area contributed by atoms with Crippen LogP contribution in [0.25, 0.3) is 17.1 Å². The number of carbonyl (C=O) groups excluding carboxylic acids is 1. The number of carbonyl (C=O) groups is 1. The quantitative estimate of drug-likeness (QED) is 0.423. The van der Waals surface area contributed by atoms with Crippen molar-refractivity contribution in [3.05, 3.63) is 84.7 Å². The first-order valence-electron chi connectivity index (χ1n) is 9.47. The molecule has 31 heavy (non-hydrogen) atoms. The maximum atomic E-state index is 13.0. The van der Waals surface area contributed by atoms with Crippen LogP contribution in [0.15, 0.2) is 84.0 Å². The first-order chi connectivity index (χ1) is 15.1. The molecule has 0 bridgehead atoms. The topological polar surface area (TPSA) is 69.0 Å². The summed E-state index contributed by atoms with van der Waals surface area (Å²) in [5.74, 6) is 0.913. The van der Waals surface area contributed by atoms with Crippen molar-refractivity contribution in [2.75, 3.05) is 18.2 Å². The number of aromatic nitrogens is 3. The van der Waals surface area contributed by atoms with E-state index in [2.05, 4.69) is 15.5 Å². The summed E-state index contributed by atoms with van der Waals surface area (Å²) < 4.78 is 20.3. The van der Waals surface area contributed by atoms with Gasteiger partial charge >= 0.3 is 0 Å². The lowest BCUT2D eigenvalue weighted by Crippen LogP contribution is -2.14. The largest absolute Gasteiger partial charge is 0.497 e. The Morgan fingerprint density at radius 3 is 2.55 bits per heavy atom. The molecule has 0 saturated carbocycles. The number of amides is 1. The van der Waals surface area contributed by atoms with Crippen molar-refractivity contribution in [2.24, 2.45) is 0 Å². The Labute approximate surface area is 183 Å². The van der Waals surface area contributed by atoms with Gasteiger partial charge in [-0.3, -0.25) is 9.36 Å². The highest BCUT2D eigenvalue weighted by molar-refractivity contribution is 7.99. The van der Waals surface area contributed by atoms with Gasteiger partial charge in [-0.2, -0.15) is 0 Å². The lowest BCUT2D eigenvalue weighted by atomic mass is 10.2. The fourth-order valence-electron chi connectivity index (χ4n) is 2.98. The van der Waals surface area contributed by atoms with Gasteiger partial charge in [0.25, 0.3) is 0 Å². The van der Waals surface area contributed by atoms with Crippen LogP contribution in [0.4, 0.5) is 10.1 Å². The minimum atomic E-state index is -0.353. The standard InChI is InChI=1S/C23H19FN4O2S/c1-30-20-9-5-6-16(14-20)22-26-27-23(28(22)19-7-3-2-4-8-19)31-15-21(29)25-18-12-10-17(24)11-13-18/h2-14H,15H2,1H3,(H,25,29). The third-order valence-electron chi connectivity index (χ3n) is 4.44. The molecule has 1 amide bonds. The predicted octanol–water partition coefficient (Wildman–Crippen LogP) is 4.81. The minimum Gasteiger partial charge on any atom is -0.497 e. The van der Waals surface area contributed by atoms with Gasteiger partial charge in [0.05, 0.1) is 12.9 Å². The summed E-state index contributed by atoms with van der Waals surface area (Å²) in [6.45, 7) is 0. The van der Waals surface area contributed by atoms with Gasteiger partial charge in [0.15, 0.2) is 11.0 Å². The smallest absolute Gasteiger partial charge is 0.234 e. The van der Waals surface area contributed by atoms with Crippen molar-refractivity contribution in [3.63, 3.8) is 0 Å². The van der Waals surface area contributed by atoms with Crippen LogP contribution < -0.4 is 10.1 Å². The van der Waals surface area contributed by atoms with E-state index >= 15 is 0 Å². The summed E-state index contributed by atoms with van der Waals surface area (Å²) in [6, 6.07) is 22.9. The van der Waals surface area contributed by atoms with Crippen molar-refractivity contribution in [1.82, 2.24) is 14.8 Å². The third kappa shape index (κ3) is 4.92. The van der Waals surface area contributed by atoms with E-state index in [-0.39, 0.29) is 17.5 Å². The maximum absolute atomic E-state index is 13.0. The first-order valence-corrected chi connectivity index (χ1v) is 10.5. The summed E-state index contributed by atoms with van der Waals surface area (Å²) in [6.07, 6.45) is 0. The van der Waals surface area contributed by atoms with E-state index in [1.165, 1.54) is 36.0 Å². The Kier molecular flexibility index (Phi) is 6.28. The Balaban J connectivity index is 1.59. The Bertz CT molecular complexity index is 1180. The van der Waals surface area contributed by atoms with E-state index in [0.717, 1.165) is 11.3 Å². The number of hydrogen-bond donors (Lipinski definition) is 1. The van der Waals surface area contributed by atoms with Crippen molar-refractivity contribution in [2.45, 2.75) is 5.16 Å². The van der Waals surface area contributed by atoms with Crippen LogP contribution in [0.2, 0.25) is 0 Å². The molecule has 0 aliphatic rings. The molecule has 0 spiro atoms. The van der Waals surface area contributed by atoms with Gasteiger partial charge in [-0.05, 0) is 48.5 Å². The molecule has 0 aliphatic heterocycles. The van der Waals surface area contributed by atoms with Crippen LogP contribution in [0.1, 0.15) is 0 Å². The van der Waals surface area contributed by atoms with Crippen molar-refractivity contribution in [3.8, 4) is 22.8 Å². The molecule has 1 aromatic heterocycles. The highest BCUT2D eigenvalue weighted by Crippen LogP contribution is 2.29. The molecule has 8 heteroatoms. The number of rotatable bonds is 7. The monoisotopic (exact) mass is 434 g/mol. The van der Waals surface area contributed by atoms with E-state index in [9.17, 15) is 9.18 Å². The zero-order valence-corrected chi connectivity index (χ0v) is 17.5. The minimum absolute atomic E-state index is 0.125. The van der Waals surface area contributed by atoms with E-state index in [1.54, 1.807) is 7.11 Å². The lowest BCUT2D eigenvalue weighted by Gasteiger charge is -2.11. The highest BCUT2D eigenvalue weighted by atomic mass is 32.2. The molecule has 156 valence electrons. The normalized spacial score (nSPS) is 10.6. The van der Waals surface area contributed by atoms with E-state index in [4.69, 9.17) is 4.74 Å². The van der Waals surface area contributed by atoms with Gasteiger partial charge < -0.3 is 10.1 Å². The molecule has 3 aromatic carbocycles. The molecular formula is C23H19FN4O2S. The lowest BCUT2D eigenvalue weighted by molar-refractivity contribution is -0.113. The molecule has 4 rings (SSSR count). The summed E-state index contributed by atoms with van der Waals surface area (Å²) in [7, 11) is 1.61. The van der Waals surface area contributed by atoms with Crippen LogP contribution in [-0.4, -0.2) is 33.5 Å². The number of hydrogen-bond acceptors (Lipinski definition) is 5. The number of anilines is 1. The van der Waals surface area contributed by atoms with Crippen LogP contribution in [0.3, 0.4) is 0 Å². The molecule has 0 fully saturated rings. The maximum Gasteiger partial charge on any atom is 0.234 e. The highest BCUT2D eigenvalue weighted by Gasteiger charge is 2.17. The van der Waals surface area contributed by atoms with E-state index < -0.39 is 0 Å².